The fourth-order valence-corrected chi connectivity index (χ4v) is 6.14. The number of hydrogen-bond donors (Lipinski definition) is 1. The average Bonchev–Trinajstić information content (AvgIpc) is 3.08. The van der Waals surface area contributed by atoms with Crippen molar-refractivity contribution < 1.29 is 8.42 Å². The third-order valence-electron chi connectivity index (χ3n) is 3.52. The Hall–Kier alpha value is -1.29. The number of nitrogens with one attached hydrogen (secondary N) is 1. The van der Waals surface area contributed by atoms with Gasteiger partial charge in [-0.25, -0.2) is 14.7 Å². The van der Waals surface area contributed by atoms with E-state index in [2.05, 4.69) is 14.7 Å². The molecule has 0 saturated heterocycles. The van der Waals surface area contributed by atoms with Crippen LogP contribution in [0.3, 0.4) is 0 Å². The van der Waals surface area contributed by atoms with Gasteiger partial charge in [-0.2, -0.15) is 12.7 Å². The number of hydrogen-bond acceptors (Lipinski definition) is 6. The fraction of sp³-hybridized carbons (Fsp3) is 0.467. The molecule has 1 aromatic carbocycles. The number of anilines is 1. The molecule has 0 aliphatic heterocycles. The molecular formula is C15H20N4O2S3. The lowest BCUT2D eigenvalue weighted by Crippen LogP contribution is -2.37. The van der Waals surface area contributed by atoms with Crippen molar-refractivity contribution in [3.05, 3.63) is 17.1 Å². The highest BCUT2D eigenvalue weighted by atomic mass is 32.2. The van der Waals surface area contributed by atoms with Crippen molar-refractivity contribution in [2.45, 2.75) is 33.6 Å². The summed E-state index contributed by atoms with van der Waals surface area (Å²) in [5.74, 6) is 0. The van der Waals surface area contributed by atoms with Gasteiger partial charge in [0, 0.05) is 13.1 Å². The zero-order chi connectivity index (χ0) is 17.3. The summed E-state index contributed by atoms with van der Waals surface area (Å²) >= 11 is 2.97. The van der Waals surface area contributed by atoms with Crippen LogP contribution in [0.2, 0.25) is 0 Å². The van der Waals surface area contributed by atoms with Crippen LogP contribution in [0.4, 0.5) is 5.13 Å². The zero-order valence-corrected chi connectivity index (χ0v) is 16.3. The minimum atomic E-state index is -3.58. The van der Waals surface area contributed by atoms with Crippen LogP contribution in [0.15, 0.2) is 12.1 Å². The van der Waals surface area contributed by atoms with Crippen molar-refractivity contribution >= 4 is 58.4 Å². The van der Waals surface area contributed by atoms with Crippen LogP contribution in [0.25, 0.3) is 20.4 Å². The summed E-state index contributed by atoms with van der Waals surface area (Å²) < 4.78 is 31.4. The van der Waals surface area contributed by atoms with Gasteiger partial charge in [0.25, 0.3) is 0 Å². The lowest BCUT2D eigenvalue weighted by atomic mass is 10.3. The van der Waals surface area contributed by atoms with Crippen molar-refractivity contribution in [1.82, 2.24) is 14.3 Å². The number of benzene rings is 1. The number of rotatable bonds is 7. The van der Waals surface area contributed by atoms with Gasteiger partial charge in [-0.05, 0) is 31.9 Å². The number of fused-ring (bicyclic) bond motifs is 3. The Morgan fingerprint density at radius 1 is 1.04 bits per heavy atom. The maximum absolute atomic E-state index is 12.6. The second kappa shape index (κ2) is 6.91. The molecule has 3 rings (SSSR count). The number of thiazole rings is 2. The monoisotopic (exact) mass is 384 g/mol. The molecule has 130 valence electrons. The molecule has 24 heavy (non-hydrogen) atoms. The minimum absolute atomic E-state index is 0.403. The normalized spacial score (nSPS) is 12.5. The highest BCUT2D eigenvalue weighted by Gasteiger charge is 2.22. The molecule has 0 fully saturated rings. The Balaban J connectivity index is 1.96. The second-order valence-corrected chi connectivity index (χ2v) is 9.39. The number of nitrogens with zero attached hydrogens (tertiary/aromatic N) is 3. The van der Waals surface area contributed by atoms with Gasteiger partial charge < -0.3 is 0 Å². The van der Waals surface area contributed by atoms with E-state index in [1.165, 1.54) is 15.6 Å². The van der Waals surface area contributed by atoms with E-state index in [4.69, 9.17) is 0 Å². The van der Waals surface area contributed by atoms with E-state index < -0.39 is 10.2 Å². The summed E-state index contributed by atoms with van der Waals surface area (Å²) in [5, 5.41) is 1.39. The van der Waals surface area contributed by atoms with Crippen LogP contribution in [-0.4, -0.2) is 35.8 Å². The lowest BCUT2D eigenvalue weighted by Gasteiger charge is -2.20. The fourth-order valence-electron chi connectivity index (χ4n) is 2.55. The van der Waals surface area contributed by atoms with Gasteiger partial charge in [-0.3, -0.25) is 0 Å². The highest BCUT2D eigenvalue weighted by Crippen LogP contribution is 2.36. The molecule has 0 bridgehead atoms. The van der Waals surface area contributed by atoms with Gasteiger partial charge in [-0.1, -0.05) is 25.2 Å². The molecule has 0 saturated carbocycles. The van der Waals surface area contributed by atoms with Crippen LogP contribution < -0.4 is 4.72 Å². The van der Waals surface area contributed by atoms with E-state index in [1.54, 1.807) is 11.3 Å². The molecule has 9 heteroatoms. The first kappa shape index (κ1) is 17.5. The van der Waals surface area contributed by atoms with Gasteiger partial charge in [0.2, 0.25) is 0 Å². The van der Waals surface area contributed by atoms with E-state index in [1.807, 2.05) is 32.9 Å². The predicted octanol–water partition coefficient (Wildman–Crippen LogP) is 3.99. The third kappa shape index (κ3) is 3.39. The summed E-state index contributed by atoms with van der Waals surface area (Å²) in [4.78, 5) is 8.91. The lowest BCUT2D eigenvalue weighted by molar-refractivity contribution is 0.413. The van der Waals surface area contributed by atoms with Crippen LogP contribution in [-0.2, 0) is 10.2 Å². The SMILES string of the molecule is CCCN(CCC)S(=O)(=O)Nc1nc2ccc3nc(C)sc3c2s1. The van der Waals surface area contributed by atoms with Gasteiger partial charge in [0.1, 0.15) is 0 Å². The zero-order valence-electron chi connectivity index (χ0n) is 13.9. The molecule has 3 aromatic rings. The molecule has 6 nitrogen and oxygen atoms in total. The predicted molar refractivity (Wildman–Crippen MR) is 102 cm³/mol. The largest absolute Gasteiger partial charge is 0.303 e. The molecule has 0 aliphatic rings. The Morgan fingerprint density at radius 2 is 1.62 bits per heavy atom. The van der Waals surface area contributed by atoms with Gasteiger partial charge in [0.15, 0.2) is 5.13 Å². The molecule has 1 N–H and O–H groups in total. The Kier molecular flexibility index (Phi) is 5.05. The summed E-state index contributed by atoms with van der Waals surface area (Å²) in [5.41, 5.74) is 1.73. The average molecular weight is 385 g/mol. The smallest absolute Gasteiger partial charge is 0.246 e. The molecule has 0 radical (unpaired) electrons. The molecule has 0 aliphatic carbocycles. The Bertz CT molecular complexity index is 956. The second-order valence-electron chi connectivity index (χ2n) is 5.52. The highest BCUT2D eigenvalue weighted by molar-refractivity contribution is 7.90. The van der Waals surface area contributed by atoms with Crippen molar-refractivity contribution in [3.8, 4) is 0 Å². The molecule has 2 aromatic heterocycles. The van der Waals surface area contributed by atoms with E-state index in [9.17, 15) is 8.42 Å². The van der Waals surface area contributed by atoms with Gasteiger partial charge >= 0.3 is 10.2 Å². The maximum atomic E-state index is 12.6. The number of aromatic nitrogens is 2. The molecule has 0 spiro atoms. The van der Waals surface area contributed by atoms with E-state index in [-0.39, 0.29) is 0 Å². The van der Waals surface area contributed by atoms with Crippen LogP contribution in [0.5, 0.6) is 0 Å². The quantitative estimate of drug-likeness (QED) is 0.668. The molecule has 0 amide bonds. The summed E-state index contributed by atoms with van der Waals surface area (Å²) in [6, 6.07) is 3.82. The van der Waals surface area contributed by atoms with Crippen LogP contribution >= 0.6 is 22.7 Å². The van der Waals surface area contributed by atoms with Gasteiger partial charge in [0.05, 0.1) is 25.4 Å². The Labute approximate surface area is 149 Å². The summed E-state index contributed by atoms with van der Waals surface area (Å²) in [7, 11) is -3.58. The number of aryl methyl sites for hydroxylation is 1. The van der Waals surface area contributed by atoms with Crippen molar-refractivity contribution in [2.75, 3.05) is 17.8 Å². The minimum Gasteiger partial charge on any atom is -0.246 e. The first-order chi connectivity index (χ1) is 11.4. The van der Waals surface area contributed by atoms with Crippen LogP contribution in [0.1, 0.15) is 31.7 Å². The van der Waals surface area contributed by atoms with E-state index in [0.717, 1.165) is 38.3 Å². The molecule has 0 atom stereocenters. The van der Waals surface area contributed by atoms with E-state index >= 15 is 0 Å². The van der Waals surface area contributed by atoms with Gasteiger partial charge in [-0.15, -0.1) is 11.3 Å². The van der Waals surface area contributed by atoms with Crippen LogP contribution in [0, 0.1) is 6.92 Å². The standard InChI is InChI=1S/C15H20N4O2S3/c1-4-8-19(9-5-2)24(20,21)18-15-17-12-7-6-11-13(14(12)23-15)22-10(3)16-11/h6-7H,4-5,8-9H2,1-3H3,(H,17,18). The van der Waals surface area contributed by atoms with Crippen molar-refractivity contribution in [1.29, 1.82) is 0 Å². The topological polar surface area (TPSA) is 75.2 Å². The molecule has 2 heterocycles. The Morgan fingerprint density at radius 3 is 2.25 bits per heavy atom. The maximum Gasteiger partial charge on any atom is 0.303 e. The first-order valence-electron chi connectivity index (χ1n) is 7.89. The van der Waals surface area contributed by atoms with E-state index in [0.29, 0.717) is 18.2 Å². The molecule has 0 unspecified atom stereocenters. The third-order valence-corrected chi connectivity index (χ3v) is 7.28. The first-order valence-corrected chi connectivity index (χ1v) is 11.0. The molecular weight excluding hydrogens is 364 g/mol. The van der Waals surface area contributed by atoms with Crippen molar-refractivity contribution in [2.24, 2.45) is 0 Å². The summed E-state index contributed by atoms with van der Waals surface area (Å²) in [6.45, 7) is 6.92. The summed E-state index contributed by atoms with van der Waals surface area (Å²) in [6.07, 6.45) is 1.56. The van der Waals surface area contributed by atoms with Crippen molar-refractivity contribution in [3.63, 3.8) is 0 Å².